The number of nitrogens with zero attached hydrogens (tertiary/aromatic N) is 1. The van der Waals surface area contributed by atoms with Crippen LogP contribution < -0.4 is 4.90 Å². The van der Waals surface area contributed by atoms with E-state index >= 15 is 0 Å². The predicted octanol–water partition coefficient (Wildman–Crippen LogP) is 5.04. The molecule has 2 aromatic carbocycles. The molecule has 0 bridgehead atoms. The van der Waals surface area contributed by atoms with Crippen LogP contribution in [0.2, 0.25) is 0 Å². The number of hydrogen-bond donors (Lipinski definition) is 0. The molecule has 2 nitrogen and oxygen atoms in total. The standard InChI is InChI=1S/C17H18BrNO/c1-11-7-12(2)9-15(8-11)19(4)17-6-5-14(18)10-16(17)13(3)20/h5-10H,1-4H3. The molecule has 20 heavy (non-hydrogen) atoms. The quantitative estimate of drug-likeness (QED) is 0.734. The van der Waals surface area contributed by atoms with E-state index in [1.807, 2.05) is 25.2 Å². The number of halogens is 1. The molecule has 0 amide bonds. The van der Waals surface area contributed by atoms with Crippen LogP contribution in [0, 0.1) is 13.8 Å². The predicted molar refractivity (Wildman–Crippen MR) is 88.1 cm³/mol. The molecule has 0 radical (unpaired) electrons. The average Bonchev–Trinajstić information content (AvgIpc) is 2.36. The van der Waals surface area contributed by atoms with Gasteiger partial charge in [0.25, 0.3) is 0 Å². The zero-order chi connectivity index (χ0) is 14.9. The lowest BCUT2D eigenvalue weighted by atomic mass is 10.1. The fourth-order valence-corrected chi connectivity index (χ4v) is 2.73. The number of rotatable bonds is 3. The van der Waals surface area contributed by atoms with E-state index in [9.17, 15) is 4.79 Å². The van der Waals surface area contributed by atoms with Crippen molar-refractivity contribution in [2.75, 3.05) is 11.9 Å². The van der Waals surface area contributed by atoms with Gasteiger partial charge in [0.2, 0.25) is 0 Å². The number of carbonyl (C=O) groups excluding carboxylic acids is 1. The topological polar surface area (TPSA) is 20.3 Å². The second kappa shape index (κ2) is 5.80. The Morgan fingerprint density at radius 1 is 1.05 bits per heavy atom. The second-order valence-corrected chi connectivity index (χ2v) is 6.04. The molecule has 0 saturated carbocycles. The van der Waals surface area contributed by atoms with E-state index < -0.39 is 0 Å². The molecular formula is C17H18BrNO. The second-order valence-electron chi connectivity index (χ2n) is 5.12. The van der Waals surface area contributed by atoms with Crippen LogP contribution in [0.3, 0.4) is 0 Å². The van der Waals surface area contributed by atoms with Gasteiger partial charge in [0.05, 0.1) is 5.69 Å². The van der Waals surface area contributed by atoms with Crippen molar-refractivity contribution in [3.8, 4) is 0 Å². The first-order chi connectivity index (χ1) is 9.38. The van der Waals surface area contributed by atoms with Crippen molar-refractivity contribution in [3.63, 3.8) is 0 Å². The van der Waals surface area contributed by atoms with Gasteiger partial charge >= 0.3 is 0 Å². The van der Waals surface area contributed by atoms with E-state index in [4.69, 9.17) is 0 Å². The van der Waals surface area contributed by atoms with Gasteiger partial charge in [0, 0.05) is 22.8 Å². The number of carbonyl (C=O) groups is 1. The Morgan fingerprint density at radius 2 is 1.65 bits per heavy atom. The van der Waals surface area contributed by atoms with E-state index in [1.165, 1.54) is 11.1 Å². The SMILES string of the molecule is CC(=O)c1cc(Br)ccc1N(C)c1cc(C)cc(C)c1. The molecule has 0 spiro atoms. The Labute approximate surface area is 128 Å². The van der Waals surface area contributed by atoms with Gasteiger partial charge in [0.15, 0.2) is 5.78 Å². The zero-order valence-corrected chi connectivity index (χ0v) is 13.8. The first-order valence-corrected chi connectivity index (χ1v) is 7.30. The van der Waals surface area contributed by atoms with E-state index in [-0.39, 0.29) is 5.78 Å². The minimum Gasteiger partial charge on any atom is -0.344 e. The van der Waals surface area contributed by atoms with Crippen LogP contribution in [0.15, 0.2) is 40.9 Å². The smallest absolute Gasteiger partial charge is 0.161 e. The Kier molecular flexibility index (Phi) is 4.29. The fraction of sp³-hybridized carbons (Fsp3) is 0.235. The van der Waals surface area contributed by atoms with E-state index in [0.717, 1.165) is 21.4 Å². The van der Waals surface area contributed by atoms with Crippen LogP contribution >= 0.6 is 15.9 Å². The van der Waals surface area contributed by atoms with Crippen LogP contribution in [-0.4, -0.2) is 12.8 Å². The molecule has 0 aromatic heterocycles. The number of ketones is 1. The Balaban J connectivity index is 2.52. The normalized spacial score (nSPS) is 10.4. The molecule has 0 N–H and O–H groups in total. The van der Waals surface area contributed by atoms with Gasteiger partial charge in [-0.05, 0) is 62.2 Å². The molecule has 0 fully saturated rings. The first kappa shape index (κ1) is 14.8. The highest BCUT2D eigenvalue weighted by Crippen LogP contribution is 2.30. The van der Waals surface area contributed by atoms with Crippen molar-refractivity contribution in [1.82, 2.24) is 0 Å². The summed E-state index contributed by atoms with van der Waals surface area (Å²) in [7, 11) is 1.99. The molecule has 0 aliphatic heterocycles. The van der Waals surface area contributed by atoms with Crippen molar-refractivity contribution in [3.05, 3.63) is 57.6 Å². The summed E-state index contributed by atoms with van der Waals surface area (Å²) in [4.78, 5) is 13.9. The summed E-state index contributed by atoms with van der Waals surface area (Å²) in [5, 5.41) is 0. The maximum absolute atomic E-state index is 11.8. The number of Topliss-reactive ketones (excluding diaryl/α,β-unsaturated/α-hetero) is 1. The number of hydrogen-bond acceptors (Lipinski definition) is 2. The average molecular weight is 332 g/mol. The molecule has 0 atom stereocenters. The summed E-state index contributed by atoms with van der Waals surface area (Å²) < 4.78 is 0.917. The van der Waals surface area contributed by atoms with Crippen molar-refractivity contribution in [2.45, 2.75) is 20.8 Å². The molecule has 0 heterocycles. The lowest BCUT2D eigenvalue weighted by Crippen LogP contribution is -2.13. The Morgan fingerprint density at radius 3 is 2.20 bits per heavy atom. The van der Waals surface area contributed by atoms with Gasteiger partial charge in [0.1, 0.15) is 0 Å². The fourth-order valence-electron chi connectivity index (χ4n) is 2.37. The van der Waals surface area contributed by atoms with E-state index in [1.54, 1.807) is 6.92 Å². The van der Waals surface area contributed by atoms with Crippen LogP contribution in [0.25, 0.3) is 0 Å². The van der Waals surface area contributed by atoms with Crippen molar-refractivity contribution < 1.29 is 4.79 Å². The molecule has 2 rings (SSSR count). The monoisotopic (exact) mass is 331 g/mol. The lowest BCUT2D eigenvalue weighted by molar-refractivity contribution is 0.101. The lowest BCUT2D eigenvalue weighted by Gasteiger charge is -2.23. The van der Waals surface area contributed by atoms with E-state index in [0.29, 0.717) is 0 Å². The molecule has 0 saturated heterocycles. The van der Waals surface area contributed by atoms with Crippen molar-refractivity contribution in [2.24, 2.45) is 0 Å². The van der Waals surface area contributed by atoms with Crippen LogP contribution in [0.1, 0.15) is 28.4 Å². The molecule has 0 unspecified atom stereocenters. The van der Waals surface area contributed by atoms with E-state index in [2.05, 4.69) is 52.9 Å². The Hall–Kier alpha value is -1.61. The van der Waals surface area contributed by atoms with Gasteiger partial charge in [-0.2, -0.15) is 0 Å². The minimum absolute atomic E-state index is 0.0672. The van der Waals surface area contributed by atoms with Crippen LogP contribution in [0.4, 0.5) is 11.4 Å². The molecule has 0 aliphatic rings. The van der Waals surface area contributed by atoms with Crippen LogP contribution in [0.5, 0.6) is 0 Å². The van der Waals surface area contributed by atoms with Crippen molar-refractivity contribution in [1.29, 1.82) is 0 Å². The number of benzene rings is 2. The summed E-state index contributed by atoms with van der Waals surface area (Å²) in [6.07, 6.45) is 0. The summed E-state index contributed by atoms with van der Waals surface area (Å²) in [6.45, 7) is 5.76. The maximum atomic E-state index is 11.8. The third kappa shape index (κ3) is 3.10. The summed E-state index contributed by atoms with van der Waals surface area (Å²) in [5.74, 6) is 0.0672. The van der Waals surface area contributed by atoms with Gasteiger partial charge in [-0.1, -0.05) is 22.0 Å². The highest BCUT2D eigenvalue weighted by Gasteiger charge is 2.13. The molecule has 0 aliphatic carbocycles. The third-order valence-corrected chi connectivity index (χ3v) is 3.79. The zero-order valence-electron chi connectivity index (χ0n) is 12.2. The number of anilines is 2. The van der Waals surface area contributed by atoms with Crippen molar-refractivity contribution >= 4 is 33.1 Å². The number of aryl methyl sites for hydroxylation is 2. The van der Waals surface area contributed by atoms with Crippen LogP contribution in [-0.2, 0) is 0 Å². The Bertz CT molecular complexity index is 644. The van der Waals surface area contributed by atoms with Gasteiger partial charge in [-0.15, -0.1) is 0 Å². The molecule has 3 heteroatoms. The molecule has 2 aromatic rings. The van der Waals surface area contributed by atoms with Gasteiger partial charge < -0.3 is 4.90 Å². The third-order valence-electron chi connectivity index (χ3n) is 3.29. The van der Waals surface area contributed by atoms with Gasteiger partial charge in [-0.3, -0.25) is 4.79 Å². The molecule has 104 valence electrons. The summed E-state index contributed by atoms with van der Waals surface area (Å²) >= 11 is 3.42. The maximum Gasteiger partial charge on any atom is 0.161 e. The largest absolute Gasteiger partial charge is 0.344 e. The minimum atomic E-state index is 0.0672. The summed E-state index contributed by atoms with van der Waals surface area (Å²) in [6, 6.07) is 12.2. The molecular weight excluding hydrogens is 314 g/mol. The highest BCUT2D eigenvalue weighted by atomic mass is 79.9. The summed E-state index contributed by atoms with van der Waals surface area (Å²) in [5.41, 5.74) is 5.17. The van der Waals surface area contributed by atoms with Gasteiger partial charge in [-0.25, -0.2) is 0 Å². The first-order valence-electron chi connectivity index (χ1n) is 6.51. The highest BCUT2D eigenvalue weighted by molar-refractivity contribution is 9.10.